The Morgan fingerprint density at radius 3 is 2.57 bits per heavy atom. The van der Waals surface area contributed by atoms with Crippen molar-refractivity contribution in [2.45, 2.75) is 6.92 Å². The second kappa shape index (κ2) is 7.61. The van der Waals surface area contributed by atoms with E-state index in [-0.39, 0.29) is 11.1 Å². The number of amides is 1. The SMILES string of the molecule is COC(=O)c1cc(C(=O)Nc2ccc(C)c(-n3cnnn3)c2)cc([N+](=O)[O-])c1. The molecule has 0 saturated heterocycles. The molecule has 0 aliphatic carbocycles. The quantitative estimate of drug-likeness (QED) is 0.400. The number of esters is 1. The van der Waals surface area contributed by atoms with E-state index in [1.54, 1.807) is 18.2 Å². The summed E-state index contributed by atoms with van der Waals surface area (Å²) in [5.74, 6) is -1.41. The first-order valence-corrected chi connectivity index (χ1v) is 7.92. The number of aryl methyl sites for hydroxylation is 1. The van der Waals surface area contributed by atoms with Crippen molar-refractivity contribution in [3.05, 3.63) is 69.5 Å². The molecule has 0 saturated carbocycles. The van der Waals surface area contributed by atoms with Gasteiger partial charge < -0.3 is 10.1 Å². The lowest BCUT2D eigenvalue weighted by molar-refractivity contribution is -0.384. The fourth-order valence-corrected chi connectivity index (χ4v) is 2.49. The van der Waals surface area contributed by atoms with Crippen LogP contribution in [-0.2, 0) is 4.74 Å². The molecule has 0 bridgehead atoms. The topological polar surface area (TPSA) is 142 Å². The minimum Gasteiger partial charge on any atom is -0.465 e. The standard InChI is InChI=1S/C17H14N6O5/c1-10-3-4-13(8-15(10)22-9-18-20-21-22)19-16(24)11-5-12(17(25)28-2)7-14(6-11)23(26)27/h3-9H,1-2H3,(H,19,24). The van der Waals surface area contributed by atoms with Crippen LogP contribution in [0.2, 0.25) is 0 Å². The molecule has 1 amide bonds. The lowest BCUT2D eigenvalue weighted by atomic mass is 10.1. The Bertz CT molecular complexity index is 1060. The molecule has 0 radical (unpaired) electrons. The number of nitrogens with zero attached hydrogens (tertiary/aromatic N) is 5. The molecule has 0 spiro atoms. The normalized spacial score (nSPS) is 10.4. The third-order valence-corrected chi connectivity index (χ3v) is 3.87. The average Bonchev–Trinajstić information content (AvgIpc) is 3.22. The van der Waals surface area contributed by atoms with Gasteiger partial charge in [-0.05, 0) is 41.1 Å². The molecular weight excluding hydrogens is 368 g/mol. The number of ether oxygens (including phenoxy) is 1. The van der Waals surface area contributed by atoms with Crippen LogP contribution in [0.4, 0.5) is 11.4 Å². The van der Waals surface area contributed by atoms with E-state index in [1.807, 2.05) is 6.92 Å². The summed E-state index contributed by atoms with van der Waals surface area (Å²) in [7, 11) is 1.15. The Hall–Kier alpha value is -4.15. The second-order valence-electron chi connectivity index (χ2n) is 5.73. The maximum absolute atomic E-state index is 12.6. The van der Waals surface area contributed by atoms with Gasteiger partial charge in [-0.2, -0.15) is 0 Å². The number of nitrogens with one attached hydrogen (secondary N) is 1. The molecule has 3 rings (SSSR count). The Kier molecular flexibility index (Phi) is 5.07. The predicted molar refractivity (Wildman–Crippen MR) is 96.3 cm³/mol. The van der Waals surface area contributed by atoms with Gasteiger partial charge in [0.1, 0.15) is 6.33 Å². The summed E-state index contributed by atoms with van der Waals surface area (Å²) in [6.07, 6.45) is 1.41. The van der Waals surface area contributed by atoms with E-state index in [1.165, 1.54) is 17.1 Å². The molecule has 28 heavy (non-hydrogen) atoms. The second-order valence-corrected chi connectivity index (χ2v) is 5.73. The highest BCUT2D eigenvalue weighted by Crippen LogP contribution is 2.21. The number of nitro benzene ring substituents is 1. The number of aromatic nitrogens is 4. The van der Waals surface area contributed by atoms with E-state index < -0.39 is 22.5 Å². The van der Waals surface area contributed by atoms with Crippen molar-refractivity contribution in [2.75, 3.05) is 12.4 Å². The van der Waals surface area contributed by atoms with Crippen LogP contribution < -0.4 is 5.32 Å². The van der Waals surface area contributed by atoms with Crippen molar-refractivity contribution in [3.8, 4) is 5.69 Å². The molecule has 0 fully saturated rings. The van der Waals surface area contributed by atoms with Gasteiger partial charge in [-0.1, -0.05) is 6.07 Å². The van der Waals surface area contributed by atoms with Crippen molar-refractivity contribution in [3.63, 3.8) is 0 Å². The van der Waals surface area contributed by atoms with Gasteiger partial charge in [-0.3, -0.25) is 14.9 Å². The summed E-state index contributed by atoms with van der Waals surface area (Å²) >= 11 is 0. The van der Waals surface area contributed by atoms with E-state index in [0.717, 1.165) is 24.8 Å². The van der Waals surface area contributed by atoms with Gasteiger partial charge in [0, 0.05) is 23.4 Å². The molecule has 0 aliphatic rings. The van der Waals surface area contributed by atoms with Gasteiger partial charge in [-0.15, -0.1) is 5.10 Å². The highest BCUT2D eigenvalue weighted by atomic mass is 16.6. The van der Waals surface area contributed by atoms with Gasteiger partial charge in [0.2, 0.25) is 0 Å². The highest BCUT2D eigenvalue weighted by molar-refractivity contribution is 6.06. The molecule has 0 aliphatic heterocycles. The van der Waals surface area contributed by atoms with Crippen LogP contribution in [-0.4, -0.2) is 44.1 Å². The van der Waals surface area contributed by atoms with Crippen LogP contribution in [0.25, 0.3) is 5.69 Å². The van der Waals surface area contributed by atoms with Crippen LogP contribution in [0.1, 0.15) is 26.3 Å². The van der Waals surface area contributed by atoms with E-state index in [0.29, 0.717) is 11.4 Å². The first-order chi connectivity index (χ1) is 13.4. The monoisotopic (exact) mass is 382 g/mol. The van der Waals surface area contributed by atoms with Gasteiger partial charge >= 0.3 is 5.97 Å². The number of rotatable bonds is 5. The molecule has 1 heterocycles. The Morgan fingerprint density at radius 2 is 1.93 bits per heavy atom. The first-order valence-electron chi connectivity index (χ1n) is 7.92. The molecular formula is C17H14N6O5. The van der Waals surface area contributed by atoms with Crippen molar-refractivity contribution in [2.24, 2.45) is 0 Å². The van der Waals surface area contributed by atoms with Gasteiger partial charge in [0.25, 0.3) is 11.6 Å². The van der Waals surface area contributed by atoms with Crippen LogP contribution in [0.5, 0.6) is 0 Å². The fourth-order valence-electron chi connectivity index (χ4n) is 2.49. The number of hydrogen-bond donors (Lipinski definition) is 1. The zero-order chi connectivity index (χ0) is 20.3. The minimum absolute atomic E-state index is 0.0563. The van der Waals surface area contributed by atoms with E-state index in [9.17, 15) is 19.7 Å². The van der Waals surface area contributed by atoms with E-state index in [2.05, 4.69) is 25.6 Å². The number of non-ortho nitro benzene ring substituents is 1. The summed E-state index contributed by atoms with van der Waals surface area (Å²) < 4.78 is 6.02. The molecule has 1 aromatic heterocycles. The predicted octanol–water partition coefficient (Wildman–Crippen LogP) is 1.92. The molecule has 3 aromatic rings. The zero-order valence-electron chi connectivity index (χ0n) is 14.8. The van der Waals surface area contributed by atoms with Crippen molar-refractivity contribution in [1.29, 1.82) is 0 Å². The third kappa shape index (κ3) is 3.82. The van der Waals surface area contributed by atoms with E-state index >= 15 is 0 Å². The smallest absolute Gasteiger partial charge is 0.338 e. The molecule has 11 heteroatoms. The lowest BCUT2D eigenvalue weighted by Gasteiger charge is -2.10. The molecule has 0 atom stereocenters. The zero-order valence-corrected chi connectivity index (χ0v) is 14.8. The highest BCUT2D eigenvalue weighted by Gasteiger charge is 2.19. The number of carbonyl (C=O) groups is 2. The summed E-state index contributed by atoms with van der Waals surface area (Å²) in [6.45, 7) is 1.85. The first kappa shape index (κ1) is 18.6. The van der Waals surface area contributed by atoms with E-state index in [4.69, 9.17) is 0 Å². The maximum atomic E-state index is 12.6. The maximum Gasteiger partial charge on any atom is 0.338 e. The van der Waals surface area contributed by atoms with Crippen molar-refractivity contribution in [1.82, 2.24) is 20.2 Å². The summed E-state index contributed by atoms with van der Waals surface area (Å²) in [5, 5.41) is 24.7. The van der Waals surface area contributed by atoms with Gasteiger partial charge in [0.15, 0.2) is 0 Å². The summed E-state index contributed by atoms with van der Waals surface area (Å²) in [5.41, 5.74) is 1.39. The van der Waals surface area contributed by atoms with Crippen LogP contribution in [0.3, 0.4) is 0 Å². The molecule has 2 aromatic carbocycles. The number of benzene rings is 2. The number of methoxy groups -OCH3 is 1. The Labute approximate surface area is 158 Å². The number of hydrogen-bond acceptors (Lipinski definition) is 8. The summed E-state index contributed by atoms with van der Waals surface area (Å²) in [6, 6.07) is 8.44. The Balaban J connectivity index is 1.93. The molecule has 0 unspecified atom stereocenters. The number of tetrazole rings is 1. The number of anilines is 1. The summed E-state index contributed by atoms with van der Waals surface area (Å²) in [4.78, 5) is 34.8. The lowest BCUT2D eigenvalue weighted by Crippen LogP contribution is -2.14. The largest absolute Gasteiger partial charge is 0.465 e. The molecule has 1 N–H and O–H groups in total. The van der Waals surface area contributed by atoms with Gasteiger partial charge in [-0.25, -0.2) is 9.48 Å². The van der Waals surface area contributed by atoms with Crippen molar-refractivity contribution < 1.29 is 19.2 Å². The molecule has 142 valence electrons. The van der Waals surface area contributed by atoms with Crippen molar-refractivity contribution >= 4 is 23.3 Å². The van der Waals surface area contributed by atoms with Crippen LogP contribution in [0, 0.1) is 17.0 Å². The van der Waals surface area contributed by atoms with Crippen LogP contribution in [0.15, 0.2) is 42.7 Å². The molecule has 11 nitrogen and oxygen atoms in total. The minimum atomic E-state index is -0.783. The number of nitro groups is 1. The van der Waals surface area contributed by atoms with Gasteiger partial charge in [0.05, 0.1) is 23.3 Å². The average molecular weight is 382 g/mol. The fraction of sp³-hybridized carbons (Fsp3) is 0.118. The number of carbonyl (C=O) groups excluding carboxylic acids is 2. The Morgan fingerprint density at radius 1 is 1.18 bits per heavy atom. The third-order valence-electron chi connectivity index (χ3n) is 3.87. The van der Waals surface area contributed by atoms with Crippen LogP contribution >= 0.6 is 0 Å².